The molecule has 0 aliphatic carbocycles. The van der Waals surface area contributed by atoms with Crippen molar-refractivity contribution >= 4 is 13.7 Å². The summed E-state index contributed by atoms with van der Waals surface area (Å²) in [5.74, 6) is -0.955. The molecule has 1 aliphatic heterocycles. The summed E-state index contributed by atoms with van der Waals surface area (Å²) in [6.07, 6.45) is 3.69. The molecule has 0 amide bonds. The molecule has 114 valence electrons. The van der Waals surface area contributed by atoms with Crippen molar-refractivity contribution in [3.05, 3.63) is 77.5 Å². The Morgan fingerprint density at radius 3 is 2.36 bits per heavy atom. The van der Waals surface area contributed by atoms with Crippen LogP contribution in [0.3, 0.4) is 0 Å². The van der Waals surface area contributed by atoms with Gasteiger partial charge < -0.3 is 14.7 Å². The number of hydrogen-bond donors (Lipinski definition) is 2. The van der Waals surface area contributed by atoms with Gasteiger partial charge in [0.25, 0.3) is 0 Å². The molecule has 0 radical (unpaired) electrons. The predicted octanol–water partition coefficient (Wildman–Crippen LogP) is 3.91. The van der Waals surface area contributed by atoms with Crippen molar-refractivity contribution in [2.75, 3.05) is 0 Å². The van der Waals surface area contributed by atoms with E-state index in [1.807, 2.05) is 61.5 Å². The quantitative estimate of drug-likeness (QED) is 0.843. The summed E-state index contributed by atoms with van der Waals surface area (Å²) in [5, 5.41) is 0. The monoisotopic (exact) mass is 315 g/mol. The maximum absolute atomic E-state index is 12.1. The van der Waals surface area contributed by atoms with Crippen LogP contribution in [0.25, 0.3) is 6.08 Å². The Bertz CT molecular complexity index is 739. The van der Waals surface area contributed by atoms with E-state index in [-0.39, 0.29) is 6.04 Å². The Labute approximate surface area is 129 Å². The van der Waals surface area contributed by atoms with Crippen molar-refractivity contribution < 1.29 is 14.4 Å². The van der Waals surface area contributed by atoms with Gasteiger partial charge in [-0.25, -0.2) is 0 Å². The zero-order chi connectivity index (χ0) is 15.7. The first-order chi connectivity index (χ1) is 10.5. The first-order valence-electron chi connectivity index (χ1n) is 7.13. The molecule has 0 aromatic heterocycles. The van der Waals surface area contributed by atoms with Gasteiger partial charge in [0.05, 0.1) is 6.04 Å². The Hall–Kier alpha value is -1.87. The van der Waals surface area contributed by atoms with Gasteiger partial charge >= 0.3 is 7.60 Å². The minimum absolute atomic E-state index is 0.136. The van der Waals surface area contributed by atoms with Crippen LogP contribution in [0.4, 0.5) is 0 Å². The summed E-state index contributed by atoms with van der Waals surface area (Å²) in [5.41, 5.74) is 2.54. The zero-order valence-electron chi connectivity index (χ0n) is 12.2. The smallest absolute Gasteiger partial charge is 0.352 e. The lowest BCUT2D eigenvalue weighted by molar-refractivity contribution is 0.230. The largest absolute Gasteiger partial charge is 0.353 e. The van der Waals surface area contributed by atoms with Gasteiger partial charge in [-0.05, 0) is 29.7 Å². The molecule has 3 rings (SSSR count). The Morgan fingerprint density at radius 2 is 1.68 bits per heavy atom. The highest BCUT2D eigenvalue weighted by Crippen LogP contribution is 2.57. The minimum Gasteiger partial charge on any atom is -0.353 e. The average Bonchev–Trinajstić information content (AvgIpc) is 2.53. The molecule has 2 aromatic rings. The van der Waals surface area contributed by atoms with Gasteiger partial charge in [0.15, 0.2) is 5.78 Å². The van der Waals surface area contributed by atoms with Crippen LogP contribution in [0.1, 0.15) is 35.4 Å². The fourth-order valence-corrected chi connectivity index (χ4v) is 4.13. The van der Waals surface area contributed by atoms with E-state index in [1.165, 1.54) is 0 Å². The third kappa shape index (κ3) is 2.73. The molecule has 0 saturated heterocycles. The topological polar surface area (TPSA) is 60.8 Å². The normalized spacial score (nSPS) is 18.9. The lowest BCUT2D eigenvalue weighted by atomic mass is 10.0. The lowest BCUT2D eigenvalue weighted by Crippen LogP contribution is -2.29. The van der Waals surface area contributed by atoms with Crippen LogP contribution in [0.5, 0.6) is 0 Å². The molecule has 1 heterocycles. The first kappa shape index (κ1) is 15.0. The average molecular weight is 315 g/mol. The molecule has 22 heavy (non-hydrogen) atoms. The summed E-state index contributed by atoms with van der Waals surface area (Å²) in [4.78, 5) is 21.5. The number of benzene rings is 2. The van der Waals surface area contributed by atoms with E-state index < -0.39 is 13.4 Å². The number of rotatable bonds is 3. The number of nitrogens with zero attached hydrogens (tertiary/aromatic N) is 1. The van der Waals surface area contributed by atoms with Crippen LogP contribution in [-0.2, 0) is 4.57 Å². The van der Waals surface area contributed by atoms with Crippen LogP contribution in [0, 0.1) is 0 Å². The van der Waals surface area contributed by atoms with E-state index in [0.29, 0.717) is 5.56 Å². The molecule has 2 unspecified atom stereocenters. The first-order valence-corrected chi connectivity index (χ1v) is 8.81. The Balaban J connectivity index is 2.07. The second-order valence-electron chi connectivity index (χ2n) is 5.44. The Morgan fingerprint density at radius 1 is 1.05 bits per heavy atom. The third-order valence-corrected chi connectivity index (χ3v) is 5.21. The van der Waals surface area contributed by atoms with Crippen molar-refractivity contribution in [3.8, 4) is 0 Å². The number of hydrogen-bond acceptors (Lipinski definition) is 2. The van der Waals surface area contributed by atoms with Crippen molar-refractivity contribution in [3.63, 3.8) is 0 Å². The van der Waals surface area contributed by atoms with Crippen LogP contribution >= 0.6 is 7.60 Å². The van der Waals surface area contributed by atoms with E-state index in [0.717, 1.165) is 11.1 Å². The fraction of sp³-hybridized carbons (Fsp3) is 0.176. The molecular formula is C17H18NO3P. The van der Waals surface area contributed by atoms with Crippen molar-refractivity contribution in [2.45, 2.75) is 18.7 Å². The standard InChI is InChI=1S/C17H18NO3P/c1-13(14-7-3-2-4-8-14)18-12-11-15-9-5-6-10-16(15)17(18)22(19,20)21/h2-13,17H,1H3,(H2,19,20,21). The zero-order valence-corrected chi connectivity index (χ0v) is 13.1. The SMILES string of the molecule is CC(c1ccccc1)N1C=Cc2ccccc2C1P(=O)(O)O. The summed E-state index contributed by atoms with van der Waals surface area (Å²) >= 11 is 0. The van der Waals surface area contributed by atoms with Gasteiger partial charge in [0.1, 0.15) is 0 Å². The van der Waals surface area contributed by atoms with Crippen LogP contribution in [-0.4, -0.2) is 14.7 Å². The summed E-state index contributed by atoms with van der Waals surface area (Å²) in [6.45, 7) is 1.95. The van der Waals surface area contributed by atoms with E-state index in [9.17, 15) is 14.4 Å². The third-order valence-electron chi connectivity index (χ3n) is 4.03. The van der Waals surface area contributed by atoms with Crippen molar-refractivity contribution in [1.82, 2.24) is 4.90 Å². The molecule has 0 saturated carbocycles. The van der Waals surface area contributed by atoms with Gasteiger partial charge in [0.2, 0.25) is 0 Å². The second kappa shape index (κ2) is 5.73. The molecule has 0 bridgehead atoms. The fourth-order valence-electron chi connectivity index (χ4n) is 2.91. The molecule has 2 N–H and O–H groups in total. The minimum atomic E-state index is -4.33. The van der Waals surface area contributed by atoms with E-state index >= 15 is 0 Å². The highest BCUT2D eigenvalue weighted by atomic mass is 31.2. The maximum atomic E-state index is 12.1. The lowest BCUT2D eigenvalue weighted by Gasteiger charge is -2.39. The van der Waals surface area contributed by atoms with E-state index in [2.05, 4.69) is 0 Å². The molecular weight excluding hydrogens is 297 g/mol. The van der Waals surface area contributed by atoms with Gasteiger partial charge in [-0.3, -0.25) is 4.57 Å². The maximum Gasteiger partial charge on any atom is 0.352 e. The highest BCUT2D eigenvalue weighted by molar-refractivity contribution is 7.52. The predicted molar refractivity (Wildman–Crippen MR) is 87.0 cm³/mol. The van der Waals surface area contributed by atoms with Crippen molar-refractivity contribution in [2.24, 2.45) is 0 Å². The van der Waals surface area contributed by atoms with Gasteiger partial charge in [-0.15, -0.1) is 0 Å². The van der Waals surface area contributed by atoms with Gasteiger partial charge in [-0.2, -0.15) is 0 Å². The number of fused-ring (bicyclic) bond motifs is 1. The molecule has 4 nitrogen and oxygen atoms in total. The molecule has 2 atom stereocenters. The van der Waals surface area contributed by atoms with Crippen molar-refractivity contribution in [1.29, 1.82) is 0 Å². The molecule has 5 heteroatoms. The molecule has 0 fully saturated rings. The van der Waals surface area contributed by atoms with Gasteiger partial charge in [0, 0.05) is 6.20 Å². The van der Waals surface area contributed by atoms with Crippen LogP contribution in [0.2, 0.25) is 0 Å². The van der Waals surface area contributed by atoms with Crippen LogP contribution < -0.4 is 0 Å². The Kier molecular flexibility index (Phi) is 3.92. The molecule has 2 aromatic carbocycles. The molecule has 0 spiro atoms. The van der Waals surface area contributed by atoms with Gasteiger partial charge in [-0.1, -0.05) is 54.6 Å². The molecule has 1 aliphatic rings. The summed E-state index contributed by atoms with van der Waals surface area (Å²) < 4.78 is 12.1. The van der Waals surface area contributed by atoms with E-state index in [4.69, 9.17) is 0 Å². The summed E-state index contributed by atoms with van der Waals surface area (Å²) in [7, 11) is -4.33. The van der Waals surface area contributed by atoms with Crippen LogP contribution in [0.15, 0.2) is 60.8 Å². The summed E-state index contributed by atoms with van der Waals surface area (Å²) in [6, 6.07) is 16.9. The second-order valence-corrected chi connectivity index (χ2v) is 7.11. The van der Waals surface area contributed by atoms with E-state index in [1.54, 1.807) is 17.2 Å². The highest BCUT2D eigenvalue weighted by Gasteiger charge is 2.39.